The summed E-state index contributed by atoms with van der Waals surface area (Å²) in [5.74, 6) is 0. The van der Waals surface area contributed by atoms with Crippen LogP contribution < -0.4 is 0 Å². The molecule has 1 saturated heterocycles. The number of hydrogen-bond donors (Lipinski definition) is 0. The fraction of sp³-hybridized carbons (Fsp3) is 0.381. The Hall–Kier alpha value is -2.09. The monoisotopic (exact) mass is 435 g/mol. The highest BCUT2D eigenvalue weighted by Crippen LogP contribution is 2.22. The van der Waals surface area contributed by atoms with Gasteiger partial charge in [-0.15, -0.1) is 0 Å². The maximum atomic E-state index is 13.4. The molecule has 0 atom stereocenters. The molecule has 0 radical (unpaired) electrons. The molecule has 1 aliphatic rings. The maximum Gasteiger partial charge on any atom is 0.334 e. The lowest BCUT2D eigenvalue weighted by molar-refractivity contribution is 0.129. The molecular weight excluding hydrogens is 410 g/mol. The Morgan fingerprint density at radius 2 is 1.72 bits per heavy atom. The number of sulfonamides is 1. The van der Waals surface area contributed by atoms with Gasteiger partial charge >= 0.3 is 6.03 Å². The standard InChI is InChI=1S/C21H26ClN3O3S/c1-3-23-11-13-24(14-12-23)21(26)25(16-18-5-4-6-19(22)15-18)29(27,28)20-9-7-17(2)8-10-20/h4-10,15H,3,11-14,16H2,1-2H3. The van der Waals surface area contributed by atoms with Gasteiger partial charge in [0.05, 0.1) is 11.4 Å². The normalized spacial score (nSPS) is 15.3. The van der Waals surface area contributed by atoms with Gasteiger partial charge in [0, 0.05) is 31.2 Å². The number of urea groups is 1. The third-order valence-electron chi connectivity index (χ3n) is 5.13. The van der Waals surface area contributed by atoms with Crippen molar-refractivity contribution in [1.29, 1.82) is 0 Å². The van der Waals surface area contributed by atoms with Crippen molar-refractivity contribution in [2.24, 2.45) is 0 Å². The number of benzene rings is 2. The van der Waals surface area contributed by atoms with Crippen LogP contribution in [-0.2, 0) is 16.6 Å². The van der Waals surface area contributed by atoms with E-state index in [1.807, 2.05) is 6.92 Å². The molecule has 2 aromatic carbocycles. The molecular formula is C21H26ClN3O3S. The fourth-order valence-electron chi connectivity index (χ4n) is 3.31. The number of aryl methyl sites for hydroxylation is 1. The number of likely N-dealkylation sites (N-methyl/N-ethyl adjacent to an activating group) is 1. The van der Waals surface area contributed by atoms with Crippen molar-refractivity contribution in [3.63, 3.8) is 0 Å². The summed E-state index contributed by atoms with van der Waals surface area (Å²) in [6.45, 7) is 7.28. The van der Waals surface area contributed by atoms with Crippen molar-refractivity contribution in [3.8, 4) is 0 Å². The Bertz CT molecular complexity index is 955. The largest absolute Gasteiger partial charge is 0.334 e. The quantitative estimate of drug-likeness (QED) is 0.720. The molecule has 1 aliphatic heterocycles. The summed E-state index contributed by atoms with van der Waals surface area (Å²) < 4.78 is 27.7. The molecule has 156 valence electrons. The Morgan fingerprint density at radius 1 is 1.07 bits per heavy atom. The lowest BCUT2D eigenvalue weighted by Crippen LogP contribution is -2.53. The van der Waals surface area contributed by atoms with E-state index in [1.165, 1.54) is 12.1 Å². The van der Waals surface area contributed by atoms with Crippen LogP contribution in [0.25, 0.3) is 0 Å². The Labute approximate surface area is 177 Å². The minimum Gasteiger partial charge on any atom is -0.321 e. The van der Waals surface area contributed by atoms with Gasteiger partial charge in [-0.25, -0.2) is 17.5 Å². The third-order valence-corrected chi connectivity index (χ3v) is 7.10. The van der Waals surface area contributed by atoms with Crippen molar-refractivity contribution in [2.45, 2.75) is 25.3 Å². The summed E-state index contributed by atoms with van der Waals surface area (Å²) in [6.07, 6.45) is 0. The van der Waals surface area contributed by atoms with E-state index in [0.717, 1.165) is 29.5 Å². The summed E-state index contributed by atoms with van der Waals surface area (Å²) >= 11 is 6.07. The zero-order valence-electron chi connectivity index (χ0n) is 16.7. The molecule has 0 bridgehead atoms. The molecule has 0 spiro atoms. The van der Waals surface area contributed by atoms with E-state index < -0.39 is 16.1 Å². The van der Waals surface area contributed by atoms with Crippen LogP contribution in [0.1, 0.15) is 18.1 Å². The zero-order chi connectivity index (χ0) is 21.0. The molecule has 0 aliphatic carbocycles. The van der Waals surface area contributed by atoms with Crippen molar-refractivity contribution in [3.05, 3.63) is 64.7 Å². The minimum absolute atomic E-state index is 0.0659. The molecule has 8 heteroatoms. The van der Waals surface area contributed by atoms with E-state index in [9.17, 15) is 13.2 Å². The van der Waals surface area contributed by atoms with Gasteiger partial charge in [-0.1, -0.05) is 48.4 Å². The van der Waals surface area contributed by atoms with E-state index in [2.05, 4.69) is 11.8 Å². The fourth-order valence-corrected chi connectivity index (χ4v) is 4.89. The van der Waals surface area contributed by atoms with Gasteiger partial charge < -0.3 is 9.80 Å². The molecule has 0 unspecified atom stereocenters. The first-order valence-corrected chi connectivity index (χ1v) is 11.5. The van der Waals surface area contributed by atoms with Crippen LogP contribution in [0.4, 0.5) is 4.79 Å². The molecule has 29 heavy (non-hydrogen) atoms. The van der Waals surface area contributed by atoms with Crippen LogP contribution in [0.5, 0.6) is 0 Å². The van der Waals surface area contributed by atoms with Crippen LogP contribution in [-0.4, -0.2) is 61.3 Å². The van der Waals surface area contributed by atoms with E-state index in [-0.39, 0.29) is 11.4 Å². The highest BCUT2D eigenvalue weighted by atomic mass is 35.5. The van der Waals surface area contributed by atoms with Crippen LogP contribution in [0.2, 0.25) is 5.02 Å². The Kier molecular flexibility index (Phi) is 6.82. The summed E-state index contributed by atoms with van der Waals surface area (Å²) in [7, 11) is -4.01. The van der Waals surface area contributed by atoms with E-state index >= 15 is 0 Å². The maximum absolute atomic E-state index is 13.4. The highest BCUT2D eigenvalue weighted by molar-refractivity contribution is 7.89. The number of amides is 2. The number of halogens is 1. The topological polar surface area (TPSA) is 60.9 Å². The summed E-state index contributed by atoms with van der Waals surface area (Å²) in [5.41, 5.74) is 1.61. The first-order chi connectivity index (χ1) is 13.8. The average Bonchev–Trinajstić information content (AvgIpc) is 2.72. The van der Waals surface area contributed by atoms with E-state index in [4.69, 9.17) is 11.6 Å². The van der Waals surface area contributed by atoms with E-state index in [1.54, 1.807) is 41.3 Å². The number of carbonyl (C=O) groups is 1. The molecule has 3 rings (SSSR count). The van der Waals surface area contributed by atoms with Crippen LogP contribution in [0.3, 0.4) is 0 Å². The number of hydrogen-bond acceptors (Lipinski definition) is 4. The van der Waals surface area contributed by atoms with Crippen LogP contribution in [0, 0.1) is 6.92 Å². The number of nitrogens with zero attached hydrogens (tertiary/aromatic N) is 3. The van der Waals surface area contributed by atoms with Gasteiger partial charge in [-0.3, -0.25) is 0 Å². The van der Waals surface area contributed by atoms with Crippen molar-refractivity contribution in [1.82, 2.24) is 14.1 Å². The molecule has 0 saturated carbocycles. The predicted octanol–water partition coefficient (Wildman–Crippen LogP) is 3.60. The highest BCUT2D eigenvalue weighted by Gasteiger charge is 2.34. The van der Waals surface area contributed by atoms with E-state index in [0.29, 0.717) is 23.7 Å². The summed E-state index contributed by atoms with van der Waals surface area (Å²) in [4.78, 5) is 17.2. The first kappa shape index (κ1) is 21.6. The molecule has 1 fully saturated rings. The SMILES string of the molecule is CCN1CCN(C(=O)N(Cc2cccc(Cl)c2)S(=O)(=O)c2ccc(C)cc2)CC1. The van der Waals surface area contributed by atoms with Gasteiger partial charge in [-0.05, 0) is 43.3 Å². The first-order valence-electron chi connectivity index (χ1n) is 9.66. The summed E-state index contributed by atoms with van der Waals surface area (Å²) in [5, 5.41) is 0.499. The van der Waals surface area contributed by atoms with Gasteiger partial charge in [0.15, 0.2) is 0 Å². The zero-order valence-corrected chi connectivity index (χ0v) is 18.3. The van der Waals surface area contributed by atoms with Gasteiger partial charge in [0.2, 0.25) is 0 Å². The summed E-state index contributed by atoms with van der Waals surface area (Å²) in [6, 6.07) is 13.0. The second-order valence-electron chi connectivity index (χ2n) is 7.16. The molecule has 0 N–H and O–H groups in total. The van der Waals surface area contributed by atoms with Gasteiger partial charge in [0.25, 0.3) is 10.0 Å². The van der Waals surface area contributed by atoms with Crippen molar-refractivity contribution >= 4 is 27.7 Å². The predicted molar refractivity (Wildman–Crippen MR) is 114 cm³/mol. The second-order valence-corrected chi connectivity index (χ2v) is 9.46. The lowest BCUT2D eigenvalue weighted by atomic mass is 10.2. The third kappa shape index (κ3) is 5.10. The number of carbonyl (C=O) groups excluding carboxylic acids is 1. The number of piperazine rings is 1. The lowest BCUT2D eigenvalue weighted by Gasteiger charge is -2.36. The average molecular weight is 436 g/mol. The van der Waals surface area contributed by atoms with Crippen molar-refractivity contribution in [2.75, 3.05) is 32.7 Å². The van der Waals surface area contributed by atoms with Crippen LogP contribution >= 0.6 is 11.6 Å². The second kappa shape index (κ2) is 9.15. The van der Waals surface area contributed by atoms with Crippen LogP contribution in [0.15, 0.2) is 53.4 Å². The Morgan fingerprint density at radius 3 is 2.31 bits per heavy atom. The molecule has 6 nitrogen and oxygen atoms in total. The Balaban J connectivity index is 1.93. The molecule has 0 aromatic heterocycles. The molecule has 2 amide bonds. The minimum atomic E-state index is -4.01. The number of rotatable bonds is 5. The molecule has 1 heterocycles. The van der Waals surface area contributed by atoms with Crippen molar-refractivity contribution < 1.29 is 13.2 Å². The van der Waals surface area contributed by atoms with Gasteiger partial charge in [0.1, 0.15) is 0 Å². The van der Waals surface area contributed by atoms with Gasteiger partial charge in [-0.2, -0.15) is 0 Å². The smallest absolute Gasteiger partial charge is 0.321 e. The molecule has 2 aromatic rings.